The Morgan fingerprint density at radius 3 is 2.48 bits per heavy atom. The fourth-order valence-electron chi connectivity index (χ4n) is 2.23. The summed E-state index contributed by atoms with van der Waals surface area (Å²) in [5.74, 6) is -1.25. The fraction of sp³-hybridized carbons (Fsp3) is 0.368. The van der Waals surface area contributed by atoms with Crippen LogP contribution < -0.4 is 10.6 Å². The van der Waals surface area contributed by atoms with Crippen molar-refractivity contribution in [1.82, 2.24) is 15.1 Å². The Bertz CT molecular complexity index is 844. The summed E-state index contributed by atoms with van der Waals surface area (Å²) in [5, 5.41) is 18.1. The minimum absolute atomic E-state index is 0.0186. The second kappa shape index (κ2) is 9.58. The molecule has 2 rings (SSSR count). The van der Waals surface area contributed by atoms with Gasteiger partial charge in [0.05, 0.1) is 18.4 Å². The second-order valence-corrected chi connectivity index (χ2v) is 7.17. The molecular weight excluding hydrogens is 380 g/mol. The van der Waals surface area contributed by atoms with Crippen LogP contribution in [0.2, 0.25) is 0 Å². The molecule has 1 heterocycles. The predicted molar refractivity (Wildman–Crippen MR) is 103 cm³/mol. The number of nitrogens with one attached hydrogen (secondary N) is 2. The van der Waals surface area contributed by atoms with Crippen molar-refractivity contribution >= 4 is 23.8 Å². The first-order chi connectivity index (χ1) is 13.6. The molecule has 0 radical (unpaired) electrons. The Labute approximate surface area is 167 Å². The van der Waals surface area contributed by atoms with Gasteiger partial charge >= 0.3 is 18.2 Å². The zero-order valence-corrected chi connectivity index (χ0v) is 16.4. The van der Waals surface area contributed by atoms with E-state index in [4.69, 9.17) is 9.47 Å². The maximum atomic E-state index is 11.9. The number of hydrogen-bond acceptors (Lipinski definition) is 6. The number of alkyl carbamates (subject to hydrolysis) is 1. The first-order valence-corrected chi connectivity index (χ1v) is 8.85. The highest BCUT2D eigenvalue weighted by atomic mass is 16.6. The van der Waals surface area contributed by atoms with Crippen LogP contribution >= 0.6 is 0 Å². The van der Waals surface area contributed by atoms with E-state index in [-0.39, 0.29) is 13.2 Å². The van der Waals surface area contributed by atoms with Gasteiger partial charge in [0, 0.05) is 6.20 Å². The smallest absolute Gasteiger partial charge is 0.412 e. The Kier molecular flexibility index (Phi) is 7.18. The number of aromatic nitrogens is 2. The summed E-state index contributed by atoms with van der Waals surface area (Å²) in [7, 11) is 0. The SMILES string of the molecule is CC(C)(C)OC(=O)Nc1cnn(C[C@H](NC(=O)OCc2ccccc2)C(=O)O)c1. The molecule has 2 amide bonds. The molecule has 1 aromatic heterocycles. The number of aliphatic carboxylic acids is 1. The van der Waals surface area contributed by atoms with Gasteiger partial charge in [-0.15, -0.1) is 0 Å². The number of benzene rings is 1. The molecule has 0 saturated carbocycles. The molecular formula is C19H24N4O6. The maximum absolute atomic E-state index is 11.9. The molecule has 0 aliphatic rings. The highest BCUT2D eigenvalue weighted by molar-refractivity contribution is 5.84. The molecule has 1 atom stereocenters. The average Bonchev–Trinajstić information content (AvgIpc) is 3.05. The molecule has 0 bridgehead atoms. The van der Waals surface area contributed by atoms with Crippen molar-refractivity contribution in [3.63, 3.8) is 0 Å². The molecule has 0 aliphatic carbocycles. The third-order valence-electron chi connectivity index (χ3n) is 3.45. The zero-order chi connectivity index (χ0) is 21.4. The van der Waals surface area contributed by atoms with Gasteiger partial charge in [0.1, 0.15) is 18.2 Å². The van der Waals surface area contributed by atoms with E-state index in [2.05, 4.69) is 15.7 Å². The number of nitrogens with zero attached hydrogens (tertiary/aromatic N) is 2. The van der Waals surface area contributed by atoms with Crippen LogP contribution in [0.3, 0.4) is 0 Å². The van der Waals surface area contributed by atoms with E-state index in [9.17, 15) is 19.5 Å². The summed E-state index contributed by atoms with van der Waals surface area (Å²) in [5.41, 5.74) is 0.452. The van der Waals surface area contributed by atoms with Gasteiger partial charge in [0.2, 0.25) is 0 Å². The summed E-state index contributed by atoms with van der Waals surface area (Å²) in [6.07, 6.45) is 1.25. The summed E-state index contributed by atoms with van der Waals surface area (Å²) in [6.45, 7) is 5.05. The predicted octanol–water partition coefficient (Wildman–Crippen LogP) is 2.61. The van der Waals surface area contributed by atoms with Gasteiger partial charge in [0.15, 0.2) is 0 Å². The van der Waals surface area contributed by atoms with Crippen molar-refractivity contribution in [1.29, 1.82) is 0 Å². The summed E-state index contributed by atoms with van der Waals surface area (Å²) < 4.78 is 11.4. The zero-order valence-electron chi connectivity index (χ0n) is 16.4. The van der Waals surface area contributed by atoms with Crippen LogP contribution in [-0.2, 0) is 27.4 Å². The van der Waals surface area contributed by atoms with Crippen molar-refractivity contribution < 1.29 is 29.0 Å². The van der Waals surface area contributed by atoms with E-state index in [0.29, 0.717) is 5.69 Å². The molecule has 29 heavy (non-hydrogen) atoms. The maximum Gasteiger partial charge on any atom is 0.412 e. The minimum Gasteiger partial charge on any atom is -0.480 e. The number of amides is 2. The van der Waals surface area contributed by atoms with Crippen molar-refractivity contribution in [3.05, 3.63) is 48.3 Å². The first kappa shape index (κ1) is 21.7. The topological polar surface area (TPSA) is 132 Å². The lowest BCUT2D eigenvalue weighted by Crippen LogP contribution is -2.44. The quantitative estimate of drug-likeness (QED) is 0.646. The van der Waals surface area contributed by atoms with Gasteiger partial charge < -0.3 is 19.9 Å². The number of hydrogen-bond donors (Lipinski definition) is 3. The standard InChI is InChI=1S/C19H24N4O6/c1-19(2,3)29-18(27)21-14-9-20-23(10-14)11-15(16(24)25)22-17(26)28-12-13-7-5-4-6-8-13/h4-10,15H,11-12H2,1-3H3,(H,21,27)(H,22,26)(H,24,25)/t15-/m0/s1. The Hall–Kier alpha value is -3.56. The van der Waals surface area contributed by atoms with Crippen molar-refractivity contribution in [2.24, 2.45) is 0 Å². The number of anilines is 1. The molecule has 10 nitrogen and oxygen atoms in total. The molecule has 0 aliphatic heterocycles. The van der Waals surface area contributed by atoms with Crippen molar-refractivity contribution in [2.75, 3.05) is 5.32 Å². The average molecular weight is 404 g/mol. The Morgan fingerprint density at radius 1 is 1.17 bits per heavy atom. The third kappa shape index (κ3) is 7.91. The minimum atomic E-state index is -1.27. The monoisotopic (exact) mass is 404 g/mol. The van der Waals surface area contributed by atoms with Gasteiger partial charge in [0.25, 0.3) is 0 Å². The molecule has 156 valence electrons. The molecule has 0 unspecified atom stereocenters. The highest BCUT2D eigenvalue weighted by Crippen LogP contribution is 2.11. The van der Waals surface area contributed by atoms with E-state index in [1.165, 1.54) is 17.1 Å². The summed E-state index contributed by atoms with van der Waals surface area (Å²) in [4.78, 5) is 35.1. The largest absolute Gasteiger partial charge is 0.480 e. The van der Waals surface area contributed by atoms with Crippen LogP contribution in [0.5, 0.6) is 0 Å². The van der Waals surface area contributed by atoms with Crippen LogP contribution in [0.1, 0.15) is 26.3 Å². The lowest BCUT2D eigenvalue weighted by atomic mass is 10.2. The number of carbonyl (C=O) groups is 3. The third-order valence-corrected chi connectivity index (χ3v) is 3.45. The number of carboxylic acid groups (broad SMARTS) is 1. The number of carbonyl (C=O) groups excluding carboxylic acids is 2. The van der Waals surface area contributed by atoms with E-state index in [0.717, 1.165) is 5.56 Å². The van der Waals surface area contributed by atoms with Crippen molar-refractivity contribution in [3.8, 4) is 0 Å². The number of ether oxygens (including phenoxy) is 2. The van der Waals surface area contributed by atoms with E-state index < -0.39 is 29.8 Å². The van der Waals surface area contributed by atoms with Gasteiger partial charge in [-0.2, -0.15) is 5.10 Å². The van der Waals surface area contributed by atoms with Crippen LogP contribution in [0.15, 0.2) is 42.7 Å². The van der Waals surface area contributed by atoms with Gasteiger partial charge in [-0.05, 0) is 26.3 Å². The second-order valence-electron chi connectivity index (χ2n) is 7.17. The van der Waals surface area contributed by atoms with Crippen molar-refractivity contribution in [2.45, 2.75) is 45.6 Å². The fourth-order valence-corrected chi connectivity index (χ4v) is 2.23. The number of rotatable bonds is 7. The molecule has 3 N–H and O–H groups in total. The molecule has 2 aromatic rings. The van der Waals surface area contributed by atoms with E-state index in [1.807, 2.05) is 6.07 Å². The lowest BCUT2D eigenvalue weighted by Gasteiger charge is -2.19. The molecule has 0 saturated heterocycles. The first-order valence-electron chi connectivity index (χ1n) is 8.85. The molecule has 0 spiro atoms. The van der Waals surface area contributed by atoms with Crippen LogP contribution in [0.4, 0.5) is 15.3 Å². The molecule has 1 aromatic carbocycles. The highest BCUT2D eigenvalue weighted by Gasteiger charge is 2.22. The number of carboxylic acids is 1. The Morgan fingerprint density at radius 2 is 1.86 bits per heavy atom. The van der Waals surface area contributed by atoms with Gasteiger partial charge in [-0.1, -0.05) is 30.3 Å². The molecule has 10 heteroatoms. The van der Waals surface area contributed by atoms with Crippen LogP contribution in [-0.4, -0.2) is 44.7 Å². The normalized spacial score (nSPS) is 12.0. The molecule has 0 fully saturated rings. The van der Waals surface area contributed by atoms with E-state index >= 15 is 0 Å². The van der Waals surface area contributed by atoms with Crippen LogP contribution in [0, 0.1) is 0 Å². The van der Waals surface area contributed by atoms with E-state index in [1.54, 1.807) is 45.0 Å². The lowest BCUT2D eigenvalue weighted by molar-refractivity contribution is -0.139. The van der Waals surface area contributed by atoms with Crippen LogP contribution in [0.25, 0.3) is 0 Å². The van der Waals surface area contributed by atoms with Gasteiger partial charge in [-0.3, -0.25) is 10.00 Å². The summed E-state index contributed by atoms with van der Waals surface area (Å²) in [6, 6.07) is 7.73. The Balaban J connectivity index is 1.88. The van der Waals surface area contributed by atoms with Gasteiger partial charge in [-0.25, -0.2) is 14.4 Å². The summed E-state index contributed by atoms with van der Waals surface area (Å²) >= 11 is 0.